The SMILES string of the molecule is Cc1cc(C)c(-n2c(C)cc([C@@H]3[C@@H](c4ccccn4)NC(=S)N3C3CCCC3)c2C)c(C)c1. The van der Waals surface area contributed by atoms with Crippen LogP contribution < -0.4 is 5.32 Å². The third-order valence-electron chi connectivity index (χ3n) is 7.50. The smallest absolute Gasteiger partial charge is 0.170 e. The summed E-state index contributed by atoms with van der Waals surface area (Å²) in [7, 11) is 0. The number of nitrogens with zero attached hydrogens (tertiary/aromatic N) is 3. The lowest BCUT2D eigenvalue weighted by Gasteiger charge is -2.33. The lowest BCUT2D eigenvalue weighted by molar-refractivity contribution is 0.245. The molecule has 0 unspecified atom stereocenters. The molecule has 2 fully saturated rings. The maximum absolute atomic E-state index is 5.94. The molecule has 0 radical (unpaired) electrons. The summed E-state index contributed by atoms with van der Waals surface area (Å²) in [6.07, 6.45) is 6.87. The summed E-state index contributed by atoms with van der Waals surface area (Å²) in [5.41, 5.74) is 10.2. The molecule has 0 amide bonds. The second-order valence-corrected chi connectivity index (χ2v) is 10.3. The second-order valence-electron chi connectivity index (χ2n) is 9.88. The fourth-order valence-electron chi connectivity index (χ4n) is 6.23. The first-order chi connectivity index (χ1) is 15.9. The Kier molecular flexibility index (Phi) is 5.77. The summed E-state index contributed by atoms with van der Waals surface area (Å²) in [4.78, 5) is 7.23. The molecule has 2 aliphatic rings. The van der Waals surface area contributed by atoms with E-state index in [9.17, 15) is 0 Å². The molecule has 4 nitrogen and oxygen atoms in total. The number of aryl methyl sites for hydroxylation is 4. The third-order valence-corrected chi connectivity index (χ3v) is 7.83. The van der Waals surface area contributed by atoms with Crippen molar-refractivity contribution in [1.29, 1.82) is 0 Å². The number of thiocarbonyl (C=S) groups is 1. The third kappa shape index (κ3) is 3.76. The van der Waals surface area contributed by atoms with Gasteiger partial charge in [-0.1, -0.05) is 36.6 Å². The Morgan fingerprint density at radius 3 is 2.30 bits per heavy atom. The zero-order chi connectivity index (χ0) is 23.3. The Labute approximate surface area is 203 Å². The minimum atomic E-state index is 0.0495. The van der Waals surface area contributed by atoms with Gasteiger partial charge in [0.1, 0.15) is 0 Å². The van der Waals surface area contributed by atoms with Crippen LogP contribution in [0.5, 0.6) is 0 Å². The van der Waals surface area contributed by atoms with Gasteiger partial charge in [-0.05, 0) is 94.6 Å². The van der Waals surface area contributed by atoms with Gasteiger partial charge in [-0.2, -0.15) is 0 Å². The number of benzene rings is 1. The van der Waals surface area contributed by atoms with Crippen molar-refractivity contribution in [3.8, 4) is 5.69 Å². The highest BCUT2D eigenvalue weighted by Crippen LogP contribution is 2.45. The average Bonchev–Trinajstić information content (AvgIpc) is 3.48. The van der Waals surface area contributed by atoms with Crippen molar-refractivity contribution in [3.05, 3.63) is 81.9 Å². The van der Waals surface area contributed by atoms with Crippen molar-refractivity contribution in [2.24, 2.45) is 0 Å². The Morgan fingerprint density at radius 1 is 0.970 bits per heavy atom. The van der Waals surface area contributed by atoms with E-state index in [4.69, 9.17) is 17.2 Å². The molecule has 1 aliphatic heterocycles. The predicted octanol–water partition coefficient (Wildman–Crippen LogP) is 6.33. The van der Waals surface area contributed by atoms with Crippen LogP contribution in [0, 0.1) is 34.6 Å². The van der Waals surface area contributed by atoms with Crippen LogP contribution in [-0.4, -0.2) is 25.6 Å². The summed E-state index contributed by atoms with van der Waals surface area (Å²) in [5, 5.41) is 4.53. The van der Waals surface area contributed by atoms with Crippen molar-refractivity contribution in [2.75, 3.05) is 0 Å². The molecule has 3 heterocycles. The van der Waals surface area contributed by atoms with Gasteiger partial charge < -0.3 is 14.8 Å². The van der Waals surface area contributed by atoms with Gasteiger partial charge in [-0.15, -0.1) is 0 Å². The zero-order valence-corrected chi connectivity index (χ0v) is 21.2. The molecule has 5 heteroatoms. The first-order valence-electron chi connectivity index (χ1n) is 12.1. The minimum absolute atomic E-state index is 0.0495. The monoisotopic (exact) mass is 458 g/mol. The standard InChI is InChI=1S/C28H34N4S/c1-17-14-18(2)26(19(3)15-17)31-20(4)16-23(21(31)5)27-25(24-12-8-9-13-29-24)30-28(33)32(27)22-10-6-7-11-22/h8-9,12-16,22,25,27H,6-7,10-11H2,1-5H3,(H,30,33)/t25-,27-/m1/s1. The van der Waals surface area contributed by atoms with Gasteiger partial charge in [0, 0.05) is 23.6 Å². The summed E-state index contributed by atoms with van der Waals surface area (Å²) >= 11 is 5.94. The summed E-state index contributed by atoms with van der Waals surface area (Å²) in [6.45, 7) is 11.1. The van der Waals surface area contributed by atoms with Crippen molar-refractivity contribution >= 4 is 17.3 Å². The second kappa shape index (κ2) is 8.60. The van der Waals surface area contributed by atoms with E-state index >= 15 is 0 Å². The first-order valence-corrected chi connectivity index (χ1v) is 12.5. The van der Waals surface area contributed by atoms with Crippen LogP contribution in [0.1, 0.15) is 77.1 Å². The summed E-state index contributed by atoms with van der Waals surface area (Å²) < 4.78 is 2.45. The highest BCUT2D eigenvalue weighted by atomic mass is 32.1. The van der Waals surface area contributed by atoms with Gasteiger partial charge in [-0.3, -0.25) is 4.98 Å². The van der Waals surface area contributed by atoms with E-state index in [0.717, 1.165) is 10.8 Å². The van der Waals surface area contributed by atoms with Gasteiger partial charge in [-0.25, -0.2) is 0 Å². The largest absolute Gasteiger partial charge is 0.352 e. The highest BCUT2D eigenvalue weighted by Gasteiger charge is 2.44. The Bertz CT molecular complexity index is 1170. The van der Waals surface area contributed by atoms with Crippen molar-refractivity contribution < 1.29 is 0 Å². The van der Waals surface area contributed by atoms with Gasteiger partial charge in [0.05, 0.1) is 23.5 Å². The minimum Gasteiger partial charge on any atom is -0.352 e. The first kappa shape index (κ1) is 22.1. The van der Waals surface area contributed by atoms with Gasteiger partial charge in [0.2, 0.25) is 0 Å². The molecule has 2 atom stereocenters. The lowest BCUT2D eigenvalue weighted by Crippen LogP contribution is -2.37. The van der Waals surface area contributed by atoms with Crippen molar-refractivity contribution in [3.63, 3.8) is 0 Å². The van der Waals surface area contributed by atoms with E-state index < -0.39 is 0 Å². The van der Waals surface area contributed by atoms with Gasteiger partial charge >= 0.3 is 0 Å². The van der Waals surface area contributed by atoms with Crippen LogP contribution in [0.2, 0.25) is 0 Å². The van der Waals surface area contributed by atoms with E-state index in [1.807, 2.05) is 12.3 Å². The number of rotatable bonds is 4. The highest BCUT2D eigenvalue weighted by molar-refractivity contribution is 7.80. The summed E-state index contributed by atoms with van der Waals surface area (Å²) in [6, 6.07) is 13.8. The molecule has 1 saturated heterocycles. The Hall–Kier alpha value is -2.66. The van der Waals surface area contributed by atoms with Crippen molar-refractivity contribution in [1.82, 2.24) is 19.8 Å². The van der Waals surface area contributed by atoms with Gasteiger partial charge in [0.25, 0.3) is 0 Å². The molecule has 5 rings (SSSR count). The molecule has 33 heavy (non-hydrogen) atoms. The zero-order valence-electron chi connectivity index (χ0n) is 20.4. The normalized spacial score (nSPS) is 21.1. The molecule has 1 N–H and O–H groups in total. The Morgan fingerprint density at radius 2 is 1.67 bits per heavy atom. The quantitative estimate of drug-likeness (QED) is 0.463. The van der Waals surface area contributed by atoms with E-state index in [1.54, 1.807) is 0 Å². The van der Waals surface area contributed by atoms with Crippen LogP contribution in [0.15, 0.2) is 42.6 Å². The molecule has 1 aromatic carbocycles. The molecule has 2 aromatic heterocycles. The van der Waals surface area contributed by atoms with Crippen LogP contribution in [0.4, 0.5) is 0 Å². The number of pyridine rings is 1. The topological polar surface area (TPSA) is 33.1 Å². The van der Waals surface area contributed by atoms with E-state index in [-0.39, 0.29) is 12.1 Å². The molecular weight excluding hydrogens is 424 g/mol. The van der Waals surface area contributed by atoms with E-state index in [2.05, 4.69) is 79.7 Å². The molecule has 1 aliphatic carbocycles. The number of hydrogen-bond donors (Lipinski definition) is 1. The number of aromatic nitrogens is 2. The lowest BCUT2D eigenvalue weighted by atomic mass is 9.95. The van der Waals surface area contributed by atoms with Crippen LogP contribution in [0.3, 0.4) is 0 Å². The fraction of sp³-hybridized carbons (Fsp3) is 0.429. The molecule has 1 saturated carbocycles. The molecule has 172 valence electrons. The summed E-state index contributed by atoms with van der Waals surface area (Å²) in [5.74, 6) is 0. The number of nitrogens with one attached hydrogen (secondary N) is 1. The van der Waals surface area contributed by atoms with Crippen molar-refractivity contribution in [2.45, 2.75) is 78.4 Å². The molecule has 3 aromatic rings. The van der Waals surface area contributed by atoms with E-state index in [0.29, 0.717) is 6.04 Å². The van der Waals surface area contributed by atoms with Crippen LogP contribution in [0.25, 0.3) is 5.69 Å². The van der Waals surface area contributed by atoms with E-state index in [1.165, 1.54) is 65.0 Å². The van der Waals surface area contributed by atoms with Crippen LogP contribution in [-0.2, 0) is 0 Å². The van der Waals surface area contributed by atoms with Crippen LogP contribution >= 0.6 is 12.2 Å². The fourth-order valence-corrected chi connectivity index (χ4v) is 6.62. The maximum atomic E-state index is 5.94. The molecule has 0 bridgehead atoms. The number of hydrogen-bond acceptors (Lipinski definition) is 2. The van der Waals surface area contributed by atoms with Gasteiger partial charge in [0.15, 0.2) is 5.11 Å². The Balaban J connectivity index is 1.67. The molecular formula is C28H34N4S. The average molecular weight is 459 g/mol. The molecule has 0 spiro atoms. The maximum Gasteiger partial charge on any atom is 0.170 e. The predicted molar refractivity (Wildman–Crippen MR) is 139 cm³/mol.